The van der Waals surface area contributed by atoms with Crippen LogP contribution in [-0.4, -0.2) is 16.1 Å². The summed E-state index contributed by atoms with van der Waals surface area (Å²) in [5, 5.41) is 3.49. The number of para-hydroxylation sites is 3. The Morgan fingerprint density at radius 2 is 0.917 bits per heavy atom. The van der Waals surface area contributed by atoms with Crippen LogP contribution in [0.3, 0.4) is 0 Å². The molecule has 7 heteroatoms. The van der Waals surface area contributed by atoms with E-state index in [1.54, 1.807) is 0 Å². The monoisotopic (exact) mass is 938 g/mol. The summed E-state index contributed by atoms with van der Waals surface area (Å²) in [5.74, 6) is 3.51. The van der Waals surface area contributed by atoms with E-state index in [4.69, 9.17) is 14.5 Å². The van der Waals surface area contributed by atoms with Crippen molar-refractivity contribution in [3.05, 3.63) is 162 Å². The second-order valence-electron chi connectivity index (χ2n) is 24.9. The predicted molar refractivity (Wildman–Crippen MR) is 302 cm³/mol. The quantitative estimate of drug-likeness (QED) is 0.121. The Hall–Kier alpha value is -7.51. The van der Waals surface area contributed by atoms with Crippen LogP contribution in [0, 0.1) is 0 Å². The van der Waals surface area contributed by atoms with Gasteiger partial charge in [0.25, 0.3) is 6.71 Å². The molecule has 6 heterocycles. The first-order valence-corrected chi connectivity index (χ1v) is 25.7. The second kappa shape index (κ2) is 14.1. The van der Waals surface area contributed by atoms with Crippen LogP contribution in [0.5, 0.6) is 23.0 Å². The molecule has 0 amide bonds. The molecule has 0 radical (unpaired) electrons. The second-order valence-corrected chi connectivity index (χ2v) is 24.9. The van der Waals surface area contributed by atoms with Crippen molar-refractivity contribution >= 4 is 95.6 Å². The summed E-state index contributed by atoms with van der Waals surface area (Å²) >= 11 is 0. The maximum Gasteiger partial charge on any atom is 0.252 e. The van der Waals surface area contributed by atoms with Gasteiger partial charge in [-0.15, -0.1) is 0 Å². The van der Waals surface area contributed by atoms with Crippen molar-refractivity contribution in [2.75, 3.05) is 9.80 Å². The molecule has 14 rings (SSSR count). The maximum absolute atomic E-state index is 7.28. The van der Waals surface area contributed by atoms with Crippen LogP contribution in [-0.2, 0) is 21.7 Å². The number of imidazole rings is 1. The fourth-order valence-corrected chi connectivity index (χ4v) is 12.2. The SMILES string of the molecule is CC(C)(C)c1ccc2c(c1)Oc1cc(C(C)(C)C)cc3c1N2c1cc(-c2cccc4c2c2ccccc2n2c5ccccc5nc42)cc2c1B3c1cc(C(C)(C)C)cc3c1N2c1ccc(C(C)(C)C)cc1O3. The molecule has 4 aliphatic heterocycles. The lowest BCUT2D eigenvalue weighted by atomic mass is 9.33. The van der Waals surface area contributed by atoms with Gasteiger partial charge in [-0.3, -0.25) is 4.40 Å². The zero-order chi connectivity index (χ0) is 49.7. The first-order chi connectivity index (χ1) is 34.2. The fraction of sp³-hybridized carbons (Fsp3) is 0.246. The molecule has 0 fully saturated rings. The van der Waals surface area contributed by atoms with Gasteiger partial charge in [-0.2, -0.15) is 0 Å². The Bertz CT molecular complexity index is 3900. The molecule has 10 aromatic rings. The molecular weight excluding hydrogens is 880 g/mol. The van der Waals surface area contributed by atoms with E-state index in [0.29, 0.717) is 0 Å². The smallest absolute Gasteiger partial charge is 0.252 e. The summed E-state index contributed by atoms with van der Waals surface area (Å²) in [6.45, 7) is 27.4. The highest BCUT2D eigenvalue weighted by Gasteiger charge is 2.49. The summed E-state index contributed by atoms with van der Waals surface area (Å²) in [4.78, 5) is 10.5. The molecule has 0 saturated heterocycles. The molecule has 8 aromatic carbocycles. The van der Waals surface area contributed by atoms with Crippen molar-refractivity contribution < 1.29 is 9.47 Å². The first kappa shape index (κ1) is 43.3. The van der Waals surface area contributed by atoms with Crippen molar-refractivity contribution in [2.24, 2.45) is 0 Å². The third-order valence-electron chi connectivity index (χ3n) is 16.1. The molecule has 0 unspecified atom stereocenters. The van der Waals surface area contributed by atoms with E-state index in [2.05, 4.69) is 237 Å². The van der Waals surface area contributed by atoms with Gasteiger partial charge in [0.1, 0.15) is 5.65 Å². The van der Waals surface area contributed by atoms with Crippen molar-refractivity contribution in [1.29, 1.82) is 0 Å². The number of ether oxygens (including phenoxy) is 2. The van der Waals surface area contributed by atoms with Crippen LogP contribution >= 0.6 is 0 Å². The number of aromatic nitrogens is 2. The highest BCUT2D eigenvalue weighted by atomic mass is 16.5. The number of anilines is 6. The molecule has 2 aromatic heterocycles. The summed E-state index contributed by atoms with van der Waals surface area (Å²) in [6, 6.07) is 52.5. The van der Waals surface area contributed by atoms with Gasteiger partial charge in [0.05, 0.1) is 39.3 Å². The third-order valence-corrected chi connectivity index (χ3v) is 16.1. The third kappa shape index (κ3) is 6.00. The number of hydrogen-bond donors (Lipinski definition) is 0. The molecule has 0 atom stereocenters. The van der Waals surface area contributed by atoms with Crippen molar-refractivity contribution in [3.8, 4) is 34.1 Å². The minimum Gasteiger partial charge on any atom is -0.453 e. The molecule has 72 heavy (non-hydrogen) atoms. The number of hydrogen-bond acceptors (Lipinski definition) is 5. The number of rotatable bonds is 1. The van der Waals surface area contributed by atoms with E-state index < -0.39 is 0 Å². The van der Waals surface area contributed by atoms with Crippen LogP contribution in [0.4, 0.5) is 34.1 Å². The predicted octanol–water partition coefficient (Wildman–Crippen LogP) is 15.9. The van der Waals surface area contributed by atoms with Crippen LogP contribution in [0.1, 0.15) is 105 Å². The molecule has 0 spiro atoms. The molecule has 0 saturated carbocycles. The Kier molecular flexibility index (Phi) is 8.49. The van der Waals surface area contributed by atoms with Gasteiger partial charge in [0.15, 0.2) is 23.0 Å². The summed E-state index contributed by atoms with van der Waals surface area (Å²) in [6.07, 6.45) is 0. The molecule has 6 nitrogen and oxygen atoms in total. The van der Waals surface area contributed by atoms with Gasteiger partial charge >= 0.3 is 0 Å². The Labute approximate surface area is 422 Å². The lowest BCUT2D eigenvalue weighted by Crippen LogP contribution is -2.62. The Morgan fingerprint density at radius 1 is 0.431 bits per heavy atom. The number of fused-ring (bicyclic) bond motifs is 16. The first-order valence-electron chi connectivity index (χ1n) is 25.7. The standard InChI is InChI=1S/C65H59BN4O2/c1-62(2,3)37-24-26-49-53(32-37)71-55-34-39(64(7,8)9)30-44-59(55)68(49)51-28-36(41-19-17-20-43-57(41)42-18-13-15-22-47(42)70-48-23-16-14-21-46(48)67-61(43)70)29-52-58(51)66(44)45-31-40(65(10,11)12)35-56-60(45)69(52)50-27-25-38(63(4,5)6)33-54(50)72-56/h13-35H,1-12H3. The number of benzene rings is 8. The van der Waals surface area contributed by atoms with E-state index in [0.717, 1.165) is 95.8 Å². The summed E-state index contributed by atoms with van der Waals surface area (Å²) < 4.78 is 16.9. The normalized spacial score (nSPS) is 14.5. The lowest BCUT2D eigenvalue weighted by molar-refractivity contribution is 0.469. The molecule has 0 bridgehead atoms. The molecule has 354 valence electrons. The van der Waals surface area contributed by atoms with Gasteiger partial charge in [0.2, 0.25) is 0 Å². The van der Waals surface area contributed by atoms with Crippen molar-refractivity contribution in [2.45, 2.75) is 105 Å². The van der Waals surface area contributed by atoms with Crippen LogP contribution in [0.15, 0.2) is 140 Å². The molecule has 4 aliphatic rings. The zero-order valence-corrected chi connectivity index (χ0v) is 43.5. The Balaban J connectivity index is 1.15. The highest BCUT2D eigenvalue weighted by Crippen LogP contribution is 2.59. The highest BCUT2D eigenvalue weighted by molar-refractivity contribution is 7.00. The van der Waals surface area contributed by atoms with Gasteiger partial charge in [-0.1, -0.05) is 156 Å². The van der Waals surface area contributed by atoms with E-state index in [-0.39, 0.29) is 28.4 Å². The van der Waals surface area contributed by atoms with E-state index >= 15 is 0 Å². The van der Waals surface area contributed by atoms with Crippen LogP contribution < -0.4 is 35.7 Å². The van der Waals surface area contributed by atoms with Crippen molar-refractivity contribution in [1.82, 2.24) is 9.38 Å². The largest absolute Gasteiger partial charge is 0.453 e. The van der Waals surface area contributed by atoms with Crippen LogP contribution in [0.25, 0.3) is 49.5 Å². The van der Waals surface area contributed by atoms with E-state index in [1.807, 2.05) is 0 Å². The van der Waals surface area contributed by atoms with E-state index in [9.17, 15) is 0 Å². The van der Waals surface area contributed by atoms with Crippen LogP contribution in [0.2, 0.25) is 0 Å². The van der Waals surface area contributed by atoms with Gasteiger partial charge in [-0.05, 0) is 138 Å². The average Bonchev–Trinajstić information content (AvgIpc) is 3.74. The summed E-state index contributed by atoms with van der Waals surface area (Å²) in [7, 11) is 0. The molecule has 0 aliphatic carbocycles. The number of pyridine rings is 1. The van der Waals surface area contributed by atoms with Gasteiger partial charge in [-0.25, -0.2) is 4.98 Å². The minimum absolute atomic E-state index is 0.0742. The topological polar surface area (TPSA) is 42.2 Å². The van der Waals surface area contributed by atoms with E-state index in [1.165, 1.54) is 49.4 Å². The van der Waals surface area contributed by atoms with Gasteiger partial charge in [0, 0.05) is 27.5 Å². The Morgan fingerprint density at radius 3 is 1.46 bits per heavy atom. The number of nitrogens with zero attached hydrogens (tertiary/aromatic N) is 4. The molecule has 0 N–H and O–H groups in total. The fourth-order valence-electron chi connectivity index (χ4n) is 12.2. The summed E-state index contributed by atoms with van der Waals surface area (Å²) in [5.41, 5.74) is 21.3. The zero-order valence-electron chi connectivity index (χ0n) is 43.5. The minimum atomic E-state index is -0.149. The molecular formula is C65H59BN4O2. The average molecular weight is 939 g/mol. The lowest BCUT2D eigenvalue weighted by Gasteiger charge is -2.48. The van der Waals surface area contributed by atoms with Crippen molar-refractivity contribution in [3.63, 3.8) is 0 Å². The maximum atomic E-state index is 7.28. The van der Waals surface area contributed by atoms with Gasteiger partial charge < -0.3 is 19.3 Å².